The van der Waals surface area contributed by atoms with Crippen LogP contribution in [0.1, 0.15) is 43.5 Å². The van der Waals surface area contributed by atoms with Gasteiger partial charge in [-0.3, -0.25) is 19.7 Å². The van der Waals surface area contributed by atoms with Crippen molar-refractivity contribution in [1.29, 1.82) is 0 Å². The van der Waals surface area contributed by atoms with Gasteiger partial charge in [0.05, 0.1) is 10.8 Å². The highest BCUT2D eigenvalue weighted by Crippen LogP contribution is 2.34. The third-order valence-electron chi connectivity index (χ3n) is 5.95. The van der Waals surface area contributed by atoms with Gasteiger partial charge in [-0.25, -0.2) is 0 Å². The number of likely N-dealkylation sites (tertiary alicyclic amines) is 1. The Kier molecular flexibility index (Phi) is 6.39. The number of hydrogen-bond acceptors (Lipinski definition) is 5. The highest BCUT2D eigenvalue weighted by atomic mass is 16.6. The lowest BCUT2D eigenvalue weighted by Gasteiger charge is -2.36. The van der Waals surface area contributed by atoms with Crippen LogP contribution in [0.3, 0.4) is 0 Å². The first-order valence-corrected chi connectivity index (χ1v) is 10.3. The second-order valence-corrected chi connectivity index (χ2v) is 8.52. The fraction of sp³-hybridized carbons (Fsp3) is 0.619. The van der Waals surface area contributed by atoms with Gasteiger partial charge < -0.3 is 15.1 Å². The number of carbonyl (C=O) groups excluding carboxylic acids is 2. The largest absolute Gasteiger partial charge is 0.365 e. The summed E-state index contributed by atoms with van der Waals surface area (Å²) in [6, 6.07) is 4.78. The average molecular weight is 402 g/mol. The van der Waals surface area contributed by atoms with Crippen LogP contribution < -0.4 is 10.2 Å². The SMILES string of the molecule is CNC(=O)[C@@H]1CCCN(C(=O)c2ccc(N3C[C@@H](C)C[C@H](C)C3)c([N+](=O)[O-])c2)C1. The lowest BCUT2D eigenvalue weighted by Crippen LogP contribution is -2.44. The Balaban J connectivity index is 1.83. The first-order valence-electron chi connectivity index (χ1n) is 10.3. The van der Waals surface area contributed by atoms with Crippen molar-refractivity contribution >= 4 is 23.2 Å². The lowest BCUT2D eigenvalue weighted by molar-refractivity contribution is -0.384. The maximum Gasteiger partial charge on any atom is 0.293 e. The molecule has 2 fully saturated rings. The summed E-state index contributed by atoms with van der Waals surface area (Å²) in [6.07, 6.45) is 2.60. The molecule has 8 heteroatoms. The molecule has 2 amide bonds. The molecule has 2 aliphatic heterocycles. The van der Waals surface area contributed by atoms with Crippen molar-refractivity contribution in [3.8, 4) is 0 Å². The van der Waals surface area contributed by atoms with Gasteiger partial charge in [0, 0.05) is 44.9 Å². The monoisotopic (exact) mass is 402 g/mol. The van der Waals surface area contributed by atoms with E-state index in [-0.39, 0.29) is 23.4 Å². The van der Waals surface area contributed by atoms with E-state index in [0.29, 0.717) is 36.2 Å². The van der Waals surface area contributed by atoms with Gasteiger partial charge in [0.25, 0.3) is 11.6 Å². The number of nitro benzene ring substituents is 1. The molecule has 0 aliphatic carbocycles. The molecule has 0 unspecified atom stereocenters. The van der Waals surface area contributed by atoms with Crippen LogP contribution in [0, 0.1) is 27.9 Å². The number of anilines is 1. The van der Waals surface area contributed by atoms with E-state index in [9.17, 15) is 19.7 Å². The molecule has 158 valence electrons. The van der Waals surface area contributed by atoms with Crippen LogP contribution in [0.2, 0.25) is 0 Å². The molecule has 29 heavy (non-hydrogen) atoms. The Morgan fingerprint density at radius 3 is 2.48 bits per heavy atom. The van der Waals surface area contributed by atoms with Gasteiger partial charge >= 0.3 is 0 Å². The van der Waals surface area contributed by atoms with Crippen molar-refractivity contribution in [1.82, 2.24) is 10.2 Å². The van der Waals surface area contributed by atoms with Crippen molar-refractivity contribution < 1.29 is 14.5 Å². The van der Waals surface area contributed by atoms with Crippen LogP contribution in [-0.2, 0) is 4.79 Å². The summed E-state index contributed by atoms with van der Waals surface area (Å²) in [5.74, 6) is 0.374. The second kappa shape index (κ2) is 8.80. The molecule has 0 aromatic heterocycles. The number of nitrogens with one attached hydrogen (secondary N) is 1. The Bertz CT molecular complexity index is 787. The maximum absolute atomic E-state index is 13.0. The van der Waals surface area contributed by atoms with Gasteiger partial charge in [0.1, 0.15) is 5.69 Å². The lowest BCUT2D eigenvalue weighted by atomic mass is 9.91. The molecule has 2 saturated heterocycles. The average Bonchev–Trinajstić information content (AvgIpc) is 2.71. The molecule has 1 aromatic rings. The standard InChI is InChI=1S/C21H30N4O4/c1-14-9-15(2)12-24(11-14)18-7-6-16(10-19(18)25(28)29)21(27)23-8-4-5-17(13-23)20(26)22-3/h6-7,10,14-15,17H,4-5,8-9,11-13H2,1-3H3,(H,22,26)/t14-,15-,17+/m0/s1. The molecular formula is C21H30N4O4. The minimum Gasteiger partial charge on any atom is -0.365 e. The van der Waals surface area contributed by atoms with Crippen LogP contribution in [0.5, 0.6) is 0 Å². The zero-order chi connectivity index (χ0) is 21.1. The van der Waals surface area contributed by atoms with Crippen LogP contribution >= 0.6 is 0 Å². The van der Waals surface area contributed by atoms with Gasteiger partial charge in [0.2, 0.25) is 5.91 Å². The summed E-state index contributed by atoms with van der Waals surface area (Å²) in [5.41, 5.74) is 0.847. The van der Waals surface area contributed by atoms with Crippen LogP contribution in [0.25, 0.3) is 0 Å². The fourth-order valence-electron chi connectivity index (χ4n) is 4.69. The summed E-state index contributed by atoms with van der Waals surface area (Å²) in [4.78, 5) is 40.0. The van der Waals surface area contributed by atoms with Gasteiger partial charge in [-0.05, 0) is 43.2 Å². The molecule has 3 rings (SSSR count). The molecule has 0 spiro atoms. The van der Waals surface area contributed by atoms with E-state index in [1.165, 1.54) is 6.07 Å². The molecule has 2 heterocycles. The predicted molar refractivity (Wildman–Crippen MR) is 111 cm³/mol. The number of benzene rings is 1. The summed E-state index contributed by atoms with van der Waals surface area (Å²) in [6.45, 7) is 6.77. The molecule has 1 N–H and O–H groups in total. The fourth-order valence-corrected chi connectivity index (χ4v) is 4.69. The number of rotatable bonds is 4. The molecule has 2 aliphatic rings. The number of piperidine rings is 2. The molecule has 0 saturated carbocycles. The predicted octanol–water partition coefficient (Wildman–Crippen LogP) is 2.68. The van der Waals surface area contributed by atoms with E-state index in [4.69, 9.17) is 0 Å². The van der Waals surface area contributed by atoms with Crippen molar-refractivity contribution in [2.75, 3.05) is 38.1 Å². The smallest absolute Gasteiger partial charge is 0.293 e. The topological polar surface area (TPSA) is 95.8 Å². The number of nitro groups is 1. The van der Waals surface area contributed by atoms with Crippen LogP contribution in [0.4, 0.5) is 11.4 Å². The molecule has 8 nitrogen and oxygen atoms in total. The highest BCUT2D eigenvalue weighted by molar-refractivity contribution is 5.96. The van der Waals surface area contributed by atoms with Crippen LogP contribution in [0.15, 0.2) is 18.2 Å². The van der Waals surface area contributed by atoms with Gasteiger partial charge in [0.15, 0.2) is 0 Å². The number of carbonyl (C=O) groups is 2. The molecule has 0 bridgehead atoms. The number of hydrogen-bond donors (Lipinski definition) is 1. The highest BCUT2D eigenvalue weighted by Gasteiger charge is 2.31. The maximum atomic E-state index is 13.0. The number of nitrogens with zero attached hydrogens (tertiary/aromatic N) is 3. The van der Waals surface area contributed by atoms with E-state index in [0.717, 1.165) is 32.4 Å². The molecule has 0 radical (unpaired) electrons. The third-order valence-corrected chi connectivity index (χ3v) is 5.95. The van der Waals surface area contributed by atoms with Crippen LogP contribution in [-0.4, -0.2) is 54.9 Å². The summed E-state index contributed by atoms with van der Waals surface area (Å²) < 4.78 is 0. The minimum atomic E-state index is -0.403. The van der Waals surface area contributed by atoms with E-state index < -0.39 is 4.92 Å². The second-order valence-electron chi connectivity index (χ2n) is 8.52. The van der Waals surface area contributed by atoms with Crippen molar-refractivity contribution in [2.24, 2.45) is 17.8 Å². The van der Waals surface area contributed by atoms with E-state index in [1.54, 1.807) is 24.1 Å². The Morgan fingerprint density at radius 1 is 1.17 bits per heavy atom. The first-order chi connectivity index (χ1) is 13.8. The Morgan fingerprint density at radius 2 is 1.86 bits per heavy atom. The normalized spacial score (nSPS) is 24.9. The van der Waals surface area contributed by atoms with Crippen molar-refractivity contribution in [2.45, 2.75) is 33.1 Å². The Hall–Kier alpha value is -2.64. The van der Waals surface area contributed by atoms with E-state index in [1.807, 2.05) is 0 Å². The van der Waals surface area contributed by atoms with Crippen molar-refractivity contribution in [3.05, 3.63) is 33.9 Å². The number of amides is 2. The third kappa shape index (κ3) is 4.68. The van der Waals surface area contributed by atoms with Gasteiger partial charge in [-0.1, -0.05) is 13.8 Å². The van der Waals surface area contributed by atoms with E-state index in [2.05, 4.69) is 24.1 Å². The molecule has 1 aromatic carbocycles. The Labute approximate surface area is 171 Å². The zero-order valence-electron chi connectivity index (χ0n) is 17.4. The van der Waals surface area contributed by atoms with Crippen molar-refractivity contribution in [3.63, 3.8) is 0 Å². The minimum absolute atomic E-state index is 0.0305. The van der Waals surface area contributed by atoms with Gasteiger partial charge in [-0.2, -0.15) is 0 Å². The van der Waals surface area contributed by atoms with Gasteiger partial charge in [-0.15, -0.1) is 0 Å². The summed E-state index contributed by atoms with van der Waals surface area (Å²) in [7, 11) is 1.59. The zero-order valence-corrected chi connectivity index (χ0v) is 17.4. The van der Waals surface area contributed by atoms with E-state index >= 15 is 0 Å². The summed E-state index contributed by atoms with van der Waals surface area (Å²) in [5, 5.41) is 14.4. The molecular weight excluding hydrogens is 372 g/mol. The molecule has 3 atom stereocenters. The quantitative estimate of drug-likeness (QED) is 0.617. The first kappa shape index (κ1) is 21.1. The summed E-state index contributed by atoms with van der Waals surface area (Å²) >= 11 is 0.